The second-order valence-corrected chi connectivity index (χ2v) is 5.60. The third-order valence-electron chi connectivity index (χ3n) is 3.76. The van der Waals surface area contributed by atoms with Crippen LogP contribution in [0, 0.1) is 5.82 Å². The number of ketones is 1. The van der Waals surface area contributed by atoms with Gasteiger partial charge in [0.15, 0.2) is 5.78 Å². The Kier molecular flexibility index (Phi) is 4.35. The SMILES string of the molecule is O=C(O)C(O)=CC(=O)c1ccc2[nH]c(Cc3ccc(F)cc3)cc2c1. The van der Waals surface area contributed by atoms with E-state index in [1.165, 1.54) is 12.1 Å². The molecule has 25 heavy (non-hydrogen) atoms. The normalized spacial score (nSPS) is 11.6. The van der Waals surface area contributed by atoms with Crippen LogP contribution in [-0.4, -0.2) is 26.9 Å². The molecule has 0 aliphatic rings. The van der Waals surface area contributed by atoms with E-state index >= 15 is 0 Å². The van der Waals surface area contributed by atoms with Crippen LogP contribution in [0.4, 0.5) is 4.39 Å². The van der Waals surface area contributed by atoms with Gasteiger partial charge in [-0.25, -0.2) is 9.18 Å². The largest absolute Gasteiger partial charge is 0.502 e. The first-order valence-electron chi connectivity index (χ1n) is 7.47. The number of aliphatic hydroxyl groups is 1. The molecule has 0 aliphatic heterocycles. The van der Waals surface area contributed by atoms with Crippen molar-refractivity contribution in [2.24, 2.45) is 0 Å². The van der Waals surface area contributed by atoms with Gasteiger partial charge in [0.05, 0.1) is 0 Å². The van der Waals surface area contributed by atoms with E-state index in [-0.39, 0.29) is 11.4 Å². The molecule has 3 aromatic rings. The van der Waals surface area contributed by atoms with Gasteiger partial charge < -0.3 is 15.2 Å². The molecule has 0 radical (unpaired) electrons. The maximum absolute atomic E-state index is 13.0. The molecule has 0 spiro atoms. The summed E-state index contributed by atoms with van der Waals surface area (Å²) in [6.45, 7) is 0. The Hall–Kier alpha value is -3.41. The molecule has 0 atom stereocenters. The highest BCUT2D eigenvalue weighted by Gasteiger charge is 2.11. The van der Waals surface area contributed by atoms with Crippen molar-refractivity contribution in [1.29, 1.82) is 0 Å². The number of carbonyl (C=O) groups excluding carboxylic acids is 1. The molecule has 6 heteroatoms. The van der Waals surface area contributed by atoms with Crippen LogP contribution >= 0.6 is 0 Å². The molecule has 0 fully saturated rings. The minimum absolute atomic E-state index is 0.271. The minimum atomic E-state index is -1.56. The molecule has 1 heterocycles. The number of aliphatic carboxylic acids is 1. The first-order valence-corrected chi connectivity index (χ1v) is 7.47. The van der Waals surface area contributed by atoms with E-state index in [1.54, 1.807) is 30.3 Å². The zero-order chi connectivity index (χ0) is 18.0. The Balaban J connectivity index is 1.86. The van der Waals surface area contributed by atoms with Crippen molar-refractivity contribution in [1.82, 2.24) is 4.98 Å². The van der Waals surface area contributed by atoms with Crippen LogP contribution in [0.5, 0.6) is 0 Å². The van der Waals surface area contributed by atoms with E-state index in [1.807, 2.05) is 6.07 Å². The lowest BCUT2D eigenvalue weighted by molar-refractivity contribution is -0.135. The van der Waals surface area contributed by atoms with Crippen molar-refractivity contribution >= 4 is 22.7 Å². The Labute approximate surface area is 142 Å². The van der Waals surface area contributed by atoms with E-state index in [0.717, 1.165) is 22.2 Å². The standard InChI is InChI=1S/C19H14FNO4/c20-14-4-1-11(2-5-14)7-15-9-13-8-12(3-6-16(13)21-15)17(22)10-18(23)19(24)25/h1-6,8-10,21,23H,7H2,(H,24,25). The third-order valence-corrected chi connectivity index (χ3v) is 3.76. The zero-order valence-corrected chi connectivity index (χ0v) is 13.0. The molecule has 2 aromatic carbocycles. The van der Waals surface area contributed by atoms with Crippen LogP contribution < -0.4 is 0 Å². The van der Waals surface area contributed by atoms with Crippen molar-refractivity contribution < 1.29 is 24.2 Å². The number of aromatic nitrogens is 1. The van der Waals surface area contributed by atoms with Gasteiger partial charge in [-0.3, -0.25) is 4.79 Å². The number of carbonyl (C=O) groups is 2. The summed E-state index contributed by atoms with van der Waals surface area (Å²) in [6.07, 6.45) is 1.26. The molecule has 0 saturated heterocycles. The van der Waals surface area contributed by atoms with Gasteiger partial charge in [0.25, 0.3) is 0 Å². The van der Waals surface area contributed by atoms with Crippen LogP contribution in [0.1, 0.15) is 21.6 Å². The fourth-order valence-corrected chi connectivity index (χ4v) is 2.53. The summed E-state index contributed by atoms with van der Waals surface area (Å²) in [5.74, 6) is -3.45. The summed E-state index contributed by atoms with van der Waals surface area (Å²) in [4.78, 5) is 25.8. The summed E-state index contributed by atoms with van der Waals surface area (Å²) < 4.78 is 13.0. The number of carboxylic acids is 1. The Morgan fingerprint density at radius 3 is 2.44 bits per heavy atom. The number of H-pyrrole nitrogens is 1. The number of hydrogen-bond acceptors (Lipinski definition) is 3. The number of aromatic amines is 1. The minimum Gasteiger partial charge on any atom is -0.502 e. The number of nitrogens with one attached hydrogen (secondary N) is 1. The van der Waals surface area contributed by atoms with E-state index in [2.05, 4.69) is 4.98 Å². The van der Waals surface area contributed by atoms with Crippen LogP contribution in [0.15, 0.2) is 60.4 Å². The first-order chi connectivity index (χ1) is 11.9. The molecule has 126 valence electrons. The molecular weight excluding hydrogens is 325 g/mol. The topological polar surface area (TPSA) is 90.4 Å². The highest BCUT2D eigenvalue weighted by molar-refractivity contribution is 6.09. The zero-order valence-electron chi connectivity index (χ0n) is 13.0. The molecule has 3 rings (SSSR count). The van der Waals surface area contributed by atoms with Crippen molar-refractivity contribution in [3.63, 3.8) is 0 Å². The van der Waals surface area contributed by atoms with Gasteiger partial charge in [-0.05, 0) is 42.0 Å². The number of carboxylic acid groups (broad SMARTS) is 1. The lowest BCUT2D eigenvalue weighted by Gasteiger charge is -1.98. The Morgan fingerprint density at radius 1 is 1.04 bits per heavy atom. The average molecular weight is 339 g/mol. The van der Waals surface area contributed by atoms with Crippen molar-refractivity contribution in [3.05, 3.63) is 83.0 Å². The Morgan fingerprint density at radius 2 is 1.76 bits per heavy atom. The lowest BCUT2D eigenvalue weighted by Crippen LogP contribution is -2.03. The summed E-state index contributed by atoms with van der Waals surface area (Å²) in [5.41, 5.74) is 2.93. The number of allylic oxidation sites excluding steroid dienone is 1. The molecular formula is C19H14FNO4. The molecule has 0 bridgehead atoms. The van der Waals surface area contributed by atoms with Crippen molar-refractivity contribution in [2.75, 3.05) is 0 Å². The predicted molar refractivity (Wildman–Crippen MR) is 90.2 cm³/mol. The fraction of sp³-hybridized carbons (Fsp3) is 0.0526. The van der Waals surface area contributed by atoms with E-state index in [4.69, 9.17) is 10.2 Å². The van der Waals surface area contributed by atoms with Crippen molar-refractivity contribution in [3.8, 4) is 0 Å². The van der Waals surface area contributed by atoms with Gasteiger partial charge in [-0.1, -0.05) is 12.1 Å². The van der Waals surface area contributed by atoms with Gasteiger partial charge in [0, 0.05) is 34.7 Å². The highest BCUT2D eigenvalue weighted by atomic mass is 19.1. The van der Waals surface area contributed by atoms with Gasteiger partial charge in [-0.2, -0.15) is 0 Å². The van der Waals surface area contributed by atoms with Crippen LogP contribution in [0.25, 0.3) is 10.9 Å². The number of rotatable bonds is 5. The van der Waals surface area contributed by atoms with Gasteiger partial charge in [0.1, 0.15) is 5.82 Å². The summed E-state index contributed by atoms with van der Waals surface area (Å²) >= 11 is 0. The second kappa shape index (κ2) is 6.60. The smallest absolute Gasteiger partial charge is 0.371 e. The lowest BCUT2D eigenvalue weighted by atomic mass is 10.1. The Bertz CT molecular complexity index is 986. The average Bonchev–Trinajstić information content (AvgIpc) is 2.98. The number of hydrogen-bond donors (Lipinski definition) is 3. The molecule has 3 N–H and O–H groups in total. The van der Waals surface area contributed by atoms with Gasteiger partial charge >= 0.3 is 5.97 Å². The molecule has 5 nitrogen and oxygen atoms in total. The third kappa shape index (κ3) is 3.74. The quantitative estimate of drug-likeness (QED) is 0.376. The molecule has 1 aromatic heterocycles. The molecule has 0 aliphatic carbocycles. The van der Waals surface area contributed by atoms with E-state index < -0.39 is 17.5 Å². The summed E-state index contributed by atoms with van der Waals surface area (Å²) in [5, 5.41) is 18.6. The maximum atomic E-state index is 13.0. The summed E-state index contributed by atoms with van der Waals surface area (Å²) in [6, 6.07) is 13.0. The molecule has 0 unspecified atom stereocenters. The second-order valence-electron chi connectivity index (χ2n) is 5.60. The van der Waals surface area contributed by atoms with E-state index in [9.17, 15) is 14.0 Å². The molecule has 0 saturated carbocycles. The highest BCUT2D eigenvalue weighted by Crippen LogP contribution is 2.20. The maximum Gasteiger partial charge on any atom is 0.371 e. The number of halogens is 1. The summed E-state index contributed by atoms with van der Waals surface area (Å²) in [7, 11) is 0. The van der Waals surface area contributed by atoms with Crippen LogP contribution in [-0.2, 0) is 11.2 Å². The van der Waals surface area contributed by atoms with Crippen LogP contribution in [0.3, 0.4) is 0 Å². The van der Waals surface area contributed by atoms with Gasteiger partial charge in [-0.15, -0.1) is 0 Å². The van der Waals surface area contributed by atoms with Gasteiger partial charge in [0.2, 0.25) is 5.76 Å². The number of benzene rings is 2. The first kappa shape index (κ1) is 16.4. The monoisotopic (exact) mass is 339 g/mol. The van der Waals surface area contributed by atoms with E-state index in [0.29, 0.717) is 12.5 Å². The van der Waals surface area contributed by atoms with Crippen LogP contribution in [0.2, 0.25) is 0 Å². The number of aliphatic hydroxyl groups excluding tert-OH is 1. The molecule has 0 amide bonds. The fourth-order valence-electron chi connectivity index (χ4n) is 2.53. The number of fused-ring (bicyclic) bond motifs is 1. The van der Waals surface area contributed by atoms with Crippen molar-refractivity contribution in [2.45, 2.75) is 6.42 Å². The predicted octanol–water partition coefficient (Wildman–Crippen LogP) is 3.61.